The van der Waals surface area contributed by atoms with Crippen molar-refractivity contribution in [1.82, 2.24) is 24.1 Å². The smallest absolute Gasteiger partial charge is 0.162 e. The zero-order valence-corrected chi connectivity index (χ0v) is 28.7. The van der Waals surface area contributed by atoms with Gasteiger partial charge in [-0.05, 0) is 102 Å². The van der Waals surface area contributed by atoms with Crippen LogP contribution >= 0.6 is 0 Å². The number of fused-ring (bicyclic) bond motifs is 5. The molecule has 6 nitrogen and oxygen atoms in total. The van der Waals surface area contributed by atoms with Crippen molar-refractivity contribution in [2.24, 2.45) is 0 Å². The van der Waals surface area contributed by atoms with E-state index in [1.54, 1.807) is 0 Å². The molecule has 0 N–H and O–H groups in total. The summed E-state index contributed by atoms with van der Waals surface area (Å²) in [6, 6.07) is 62.6. The molecule has 6 heteroatoms. The number of anilines is 3. The predicted octanol–water partition coefficient (Wildman–Crippen LogP) is 11.7. The van der Waals surface area contributed by atoms with Gasteiger partial charge in [-0.3, -0.25) is 0 Å². The molecule has 10 rings (SSSR count). The van der Waals surface area contributed by atoms with E-state index in [1.165, 1.54) is 51.0 Å². The van der Waals surface area contributed by atoms with Crippen molar-refractivity contribution >= 4 is 49.8 Å². The summed E-state index contributed by atoms with van der Waals surface area (Å²) in [4.78, 5) is 15.1. The van der Waals surface area contributed by atoms with Crippen molar-refractivity contribution < 1.29 is 0 Å². The molecule has 7 aromatic carbocycles. The summed E-state index contributed by atoms with van der Waals surface area (Å²) in [5.74, 6) is 0.646. The third-order valence-corrected chi connectivity index (χ3v) is 10.00. The van der Waals surface area contributed by atoms with Crippen LogP contribution in [0, 0.1) is 0 Å². The van der Waals surface area contributed by atoms with Gasteiger partial charge >= 0.3 is 0 Å². The molecule has 3 heterocycles. The van der Waals surface area contributed by atoms with E-state index in [-0.39, 0.29) is 0 Å². The molecule has 0 atom stereocenters. The third-order valence-electron chi connectivity index (χ3n) is 10.00. The van der Waals surface area contributed by atoms with E-state index in [1.807, 2.05) is 0 Å². The molecular weight excluding hydrogens is 649 g/mol. The first kappa shape index (κ1) is 30.5. The van der Waals surface area contributed by atoms with Gasteiger partial charge in [-0.15, -0.1) is 0 Å². The lowest BCUT2D eigenvalue weighted by Crippen LogP contribution is -2.10. The van der Waals surface area contributed by atoms with E-state index in [0.717, 1.165) is 39.5 Å². The van der Waals surface area contributed by atoms with E-state index in [2.05, 4.69) is 211 Å². The molecule has 0 bridgehead atoms. The van der Waals surface area contributed by atoms with Gasteiger partial charge in [-0.2, -0.15) is 0 Å². The largest absolute Gasteiger partial charge is 0.316 e. The van der Waals surface area contributed by atoms with Crippen LogP contribution in [0.25, 0.3) is 66.6 Å². The fourth-order valence-corrected chi connectivity index (χ4v) is 7.54. The van der Waals surface area contributed by atoms with E-state index >= 15 is 0 Å². The molecule has 3 aromatic heterocycles. The molecule has 0 aliphatic heterocycles. The quantitative estimate of drug-likeness (QED) is 0.168. The molecule has 0 saturated carbocycles. The van der Waals surface area contributed by atoms with E-state index in [9.17, 15) is 0 Å². The van der Waals surface area contributed by atoms with Crippen molar-refractivity contribution in [3.63, 3.8) is 0 Å². The van der Waals surface area contributed by atoms with Gasteiger partial charge in [0.05, 0.1) is 16.6 Å². The first-order chi connectivity index (χ1) is 26.3. The van der Waals surface area contributed by atoms with Crippen LogP contribution in [0.15, 0.2) is 195 Å². The van der Waals surface area contributed by atoms with Crippen LogP contribution < -0.4 is 4.90 Å². The van der Waals surface area contributed by atoms with Crippen LogP contribution in [-0.2, 0) is 0 Å². The summed E-state index contributed by atoms with van der Waals surface area (Å²) in [5, 5.41) is 3.59. The van der Waals surface area contributed by atoms with Crippen molar-refractivity contribution in [2.75, 3.05) is 4.90 Å². The van der Waals surface area contributed by atoms with Gasteiger partial charge in [0.1, 0.15) is 12.7 Å². The molecule has 0 aliphatic carbocycles. The standard InChI is InChI=1S/C47H32N6/c1-4-10-33(11-5-1)34-16-20-38(21-17-34)52(39-22-18-35(19-23-39)47-49-31-48-32-50-47)40-24-26-45-43(30-40)41-25-27-44-42(28-29-51(44)36-12-6-2-7-13-36)46(41)53(45)37-14-8-3-9-15-37/h1-32H. The van der Waals surface area contributed by atoms with Gasteiger partial charge < -0.3 is 14.0 Å². The van der Waals surface area contributed by atoms with Crippen LogP contribution in [0.3, 0.4) is 0 Å². The van der Waals surface area contributed by atoms with E-state index in [0.29, 0.717) is 5.82 Å². The summed E-state index contributed by atoms with van der Waals surface area (Å²) in [5.41, 5.74) is 12.2. The molecule has 0 saturated heterocycles. The lowest BCUT2D eigenvalue weighted by atomic mass is 10.0. The number of rotatable bonds is 7. The topological polar surface area (TPSA) is 51.8 Å². The van der Waals surface area contributed by atoms with Crippen LogP contribution in [0.1, 0.15) is 0 Å². The Morgan fingerprint density at radius 2 is 0.981 bits per heavy atom. The van der Waals surface area contributed by atoms with Crippen molar-refractivity contribution in [2.45, 2.75) is 0 Å². The second kappa shape index (κ2) is 12.8. The minimum absolute atomic E-state index is 0.646. The number of aromatic nitrogens is 5. The van der Waals surface area contributed by atoms with Crippen molar-refractivity contribution in [1.29, 1.82) is 0 Å². The van der Waals surface area contributed by atoms with Crippen LogP contribution in [0.4, 0.5) is 17.1 Å². The Bertz CT molecular complexity index is 2760. The third kappa shape index (κ3) is 5.32. The summed E-state index contributed by atoms with van der Waals surface area (Å²) in [6.45, 7) is 0. The highest BCUT2D eigenvalue weighted by atomic mass is 15.1. The van der Waals surface area contributed by atoms with Gasteiger partial charge in [0.2, 0.25) is 0 Å². The molecule has 0 fully saturated rings. The molecule has 0 unspecified atom stereocenters. The number of hydrogen-bond acceptors (Lipinski definition) is 4. The summed E-state index contributed by atoms with van der Waals surface area (Å²) in [7, 11) is 0. The second-order valence-corrected chi connectivity index (χ2v) is 13.0. The first-order valence-corrected chi connectivity index (χ1v) is 17.7. The Morgan fingerprint density at radius 1 is 0.415 bits per heavy atom. The Balaban J connectivity index is 1.17. The minimum atomic E-state index is 0.646. The monoisotopic (exact) mass is 680 g/mol. The van der Waals surface area contributed by atoms with E-state index < -0.39 is 0 Å². The predicted molar refractivity (Wildman–Crippen MR) is 217 cm³/mol. The molecule has 0 aliphatic rings. The van der Waals surface area contributed by atoms with Crippen molar-refractivity contribution in [3.05, 3.63) is 195 Å². The summed E-state index contributed by atoms with van der Waals surface area (Å²) >= 11 is 0. The molecular formula is C47H32N6. The van der Waals surface area contributed by atoms with Crippen LogP contribution in [0.5, 0.6) is 0 Å². The SMILES string of the molecule is c1ccc(-c2ccc(N(c3ccc(-c4ncncn4)cc3)c3ccc4c(c3)c3ccc5c(ccn5-c5ccccc5)c3n4-c3ccccc3)cc2)cc1. The van der Waals surface area contributed by atoms with E-state index in [4.69, 9.17) is 0 Å². The maximum absolute atomic E-state index is 4.37. The zero-order chi connectivity index (χ0) is 35.1. The maximum Gasteiger partial charge on any atom is 0.162 e. The number of para-hydroxylation sites is 2. The Morgan fingerprint density at radius 3 is 1.66 bits per heavy atom. The minimum Gasteiger partial charge on any atom is -0.316 e. The van der Waals surface area contributed by atoms with Crippen LogP contribution in [-0.4, -0.2) is 24.1 Å². The van der Waals surface area contributed by atoms with Gasteiger partial charge in [-0.1, -0.05) is 84.9 Å². The van der Waals surface area contributed by atoms with Crippen molar-refractivity contribution in [3.8, 4) is 33.9 Å². The number of nitrogens with zero attached hydrogens (tertiary/aromatic N) is 6. The zero-order valence-electron chi connectivity index (χ0n) is 28.7. The summed E-state index contributed by atoms with van der Waals surface area (Å²) < 4.78 is 4.68. The number of hydrogen-bond donors (Lipinski definition) is 0. The average molecular weight is 681 g/mol. The second-order valence-electron chi connectivity index (χ2n) is 13.0. The fourth-order valence-electron chi connectivity index (χ4n) is 7.54. The lowest BCUT2D eigenvalue weighted by molar-refractivity contribution is 1.06. The molecule has 250 valence electrons. The molecule has 0 spiro atoms. The van der Waals surface area contributed by atoms with Gasteiger partial charge in [0, 0.05) is 56.4 Å². The molecule has 53 heavy (non-hydrogen) atoms. The fraction of sp³-hybridized carbons (Fsp3) is 0. The highest BCUT2D eigenvalue weighted by molar-refractivity contribution is 6.19. The van der Waals surface area contributed by atoms with Crippen LogP contribution in [0.2, 0.25) is 0 Å². The number of benzene rings is 7. The Hall–Kier alpha value is -7.31. The average Bonchev–Trinajstić information content (AvgIpc) is 3.82. The molecule has 10 aromatic rings. The molecule has 0 radical (unpaired) electrons. The van der Waals surface area contributed by atoms with Gasteiger partial charge in [0.15, 0.2) is 5.82 Å². The highest BCUT2D eigenvalue weighted by Crippen LogP contribution is 2.42. The first-order valence-electron chi connectivity index (χ1n) is 17.7. The Kier molecular flexibility index (Phi) is 7.36. The summed E-state index contributed by atoms with van der Waals surface area (Å²) in [6.07, 6.45) is 5.24. The van der Waals surface area contributed by atoms with Gasteiger partial charge in [-0.25, -0.2) is 15.0 Å². The highest BCUT2D eigenvalue weighted by Gasteiger charge is 2.20. The van der Waals surface area contributed by atoms with Gasteiger partial charge in [0.25, 0.3) is 0 Å². The lowest BCUT2D eigenvalue weighted by Gasteiger charge is -2.26. The molecule has 0 amide bonds. The maximum atomic E-state index is 4.37. The Labute approximate surface area is 306 Å². The normalized spacial score (nSPS) is 11.4.